The van der Waals surface area contributed by atoms with Gasteiger partial charge in [0.05, 0.1) is 6.20 Å². The number of rotatable bonds is 4. The van der Waals surface area contributed by atoms with E-state index in [1.165, 1.54) is 16.8 Å². The van der Waals surface area contributed by atoms with E-state index in [9.17, 15) is 0 Å². The summed E-state index contributed by atoms with van der Waals surface area (Å²) in [5.41, 5.74) is 3.62. The normalized spacial score (nSPS) is 12.7. The maximum atomic E-state index is 5.99. The van der Waals surface area contributed by atoms with E-state index in [1.54, 1.807) is 0 Å². The van der Waals surface area contributed by atoms with Crippen LogP contribution in [0.25, 0.3) is 0 Å². The summed E-state index contributed by atoms with van der Waals surface area (Å²) in [6.07, 6.45) is 1.91. The third-order valence-electron chi connectivity index (χ3n) is 3.28. The lowest BCUT2D eigenvalue weighted by molar-refractivity contribution is 0.572. The van der Waals surface area contributed by atoms with Gasteiger partial charge in [0.1, 0.15) is 0 Å². The molecule has 1 atom stereocenters. The van der Waals surface area contributed by atoms with Crippen molar-refractivity contribution in [3.63, 3.8) is 0 Å². The molecule has 1 N–H and O–H groups in total. The van der Waals surface area contributed by atoms with Gasteiger partial charge in [-0.15, -0.1) is 0 Å². The quantitative estimate of drug-likeness (QED) is 0.918. The number of nitrogens with one attached hydrogen (secondary N) is 1. The van der Waals surface area contributed by atoms with Gasteiger partial charge >= 0.3 is 0 Å². The molecular formula is C14H18ClN3. The number of nitrogens with zero attached hydrogens (tertiary/aromatic N) is 2. The maximum absolute atomic E-state index is 5.99. The van der Waals surface area contributed by atoms with E-state index in [2.05, 4.69) is 30.3 Å². The minimum atomic E-state index is 0.267. The topological polar surface area (TPSA) is 29.9 Å². The average Bonchev–Trinajstić information content (AvgIpc) is 2.67. The standard InChI is InChI=1S/C14H18ClN3/c1-10(12-5-4-6-14(15)7-12)16-8-13-9-17-18(3)11(13)2/h4-7,9-10,16H,8H2,1-3H3/t10-/m0/s1. The van der Waals surface area contributed by atoms with Crippen LogP contribution in [0, 0.1) is 6.92 Å². The highest BCUT2D eigenvalue weighted by Crippen LogP contribution is 2.18. The Balaban J connectivity index is 2.00. The summed E-state index contributed by atoms with van der Waals surface area (Å²) < 4.78 is 1.89. The molecular weight excluding hydrogens is 246 g/mol. The van der Waals surface area contributed by atoms with Crippen LogP contribution >= 0.6 is 11.6 Å². The predicted octanol–water partition coefficient (Wildman–Crippen LogP) is 3.23. The van der Waals surface area contributed by atoms with Crippen LogP contribution in [0.4, 0.5) is 0 Å². The monoisotopic (exact) mass is 263 g/mol. The van der Waals surface area contributed by atoms with Gasteiger partial charge in [-0.05, 0) is 31.5 Å². The SMILES string of the molecule is Cc1c(CN[C@@H](C)c2cccc(Cl)c2)cnn1C. The number of hydrogen-bond donors (Lipinski definition) is 1. The molecule has 1 aromatic carbocycles. The van der Waals surface area contributed by atoms with Crippen LogP contribution in [0.3, 0.4) is 0 Å². The van der Waals surface area contributed by atoms with Crippen molar-refractivity contribution in [2.75, 3.05) is 0 Å². The molecule has 18 heavy (non-hydrogen) atoms. The van der Waals surface area contributed by atoms with E-state index in [1.807, 2.05) is 36.1 Å². The van der Waals surface area contributed by atoms with Crippen LogP contribution in [0.15, 0.2) is 30.5 Å². The number of aromatic nitrogens is 2. The molecule has 0 amide bonds. The second-order valence-corrected chi connectivity index (χ2v) is 4.97. The van der Waals surface area contributed by atoms with Crippen LogP contribution in [0.1, 0.15) is 29.8 Å². The zero-order valence-electron chi connectivity index (χ0n) is 10.9. The van der Waals surface area contributed by atoms with E-state index in [0.29, 0.717) is 0 Å². The van der Waals surface area contributed by atoms with E-state index in [0.717, 1.165) is 11.6 Å². The lowest BCUT2D eigenvalue weighted by Crippen LogP contribution is -2.18. The van der Waals surface area contributed by atoms with Crippen molar-refractivity contribution in [2.24, 2.45) is 7.05 Å². The van der Waals surface area contributed by atoms with Gasteiger partial charge in [-0.3, -0.25) is 4.68 Å². The first kappa shape index (κ1) is 13.1. The summed E-state index contributed by atoms with van der Waals surface area (Å²) in [5.74, 6) is 0. The Hall–Kier alpha value is -1.32. The first-order chi connectivity index (χ1) is 8.58. The zero-order valence-corrected chi connectivity index (χ0v) is 11.7. The van der Waals surface area contributed by atoms with Crippen molar-refractivity contribution >= 4 is 11.6 Å². The molecule has 0 aliphatic heterocycles. The van der Waals surface area contributed by atoms with Crippen LogP contribution in [0.2, 0.25) is 5.02 Å². The fraction of sp³-hybridized carbons (Fsp3) is 0.357. The van der Waals surface area contributed by atoms with Gasteiger partial charge in [-0.1, -0.05) is 23.7 Å². The molecule has 0 unspecified atom stereocenters. The number of hydrogen-bond acceptors (Lipinski definition) is 2. The van der Waals surface area contributed by atoms with Crippen molar-refractivity contribution in [3.05, 3.63) is 52.3 Å². The molecule has 0 spiro atoms. The van der Waals surface area contributed by atoms with Crippen LogP contribution in [-0.4, -0.2) is 9.78 Å². The van der Waals surface area contributed by atoms with E-state index in [-0.39, 0.29) is 6.04 Å². The Bertz CT molecular complexity index is 534. The summed E-state index contributed by atoms with van der Waals surface area (Å²) in [6.45, 7) is 5.03. The van der Waals surface area contributed by atoms with Crippen LogP contribution in [0.5, 0.6) is 0 Å². The van der Waals surface area contributed by atoms with Gasteiger partial charge in [0.2, 0.25) is 0 Å². The largest absolute Gasteiger partial charge is 0.306 e. The molecule has 2 aromatic rings. The Kier molecular flexibility index (Phi) is 4.04. The number of benzene rings is 1. The molecule has 0 aliphatic rings. The Morgan fingerprint density at radius 2 is 2.22 bits per heavy atom. The molecule has 2 rings (SSSR count). The van der Waals surface area contributed by atoms with Gasteiger partial charge in [0, 0.05) is 35.9 Å². The molecule has 96 valence electrons. The molecule has 0 radical (unpaired) electrons. The van der Waals surface area contributed by atoms with Crippen LogP contribution < -0.4 is 5.32 Å². The van der Waals surface area contributed by atoms with Gasteiger partial charge < -0.3 is 5.32 Å². The molecule has 3 nitrogen and oxygen atoms in total. The fourth-order valence-corrected chi connectivity index (χ4v) is 2.07. The third-order valence-corrected chi connectivity index (χ3v) is 3.52. The molecule has 1 heterocycles. The highest BCUT2D eigenvalue weighted by atomic mass is 35.5. The third kappa shape index (κ3) is 2.92. The number of aryl methyl sites for hydroxylation is 1. The Labute approximate surface area is 113 Å². The predicted molar refractivity (Wildman–Crippen MR) is 74.7 cm³/mol. The fourth-order valence-electron chi connectivity index (χ4n) is 1.87. The van der Waals surface area contributed by atoms with E-state index >= 15 is 0 Å². The summed E-state index contributed by atoms with van der Waals surface area (Å²) >= 11 is 5.99. The summed E-state index contributed by atoms with van der Waals surface area (Å²) in [6, 6.07) is 8.21. The molecule has 0 saturated heterocycles. The van der Waals surface area contributed by atoms with Gasteiger partial charge in [-0.2, -0.15) is 5.10 Å². The van der Waals surface area contributed by atoms with E-state index < -0.39 is 0 Å². The summed E-state index contributed by atoms with van der Waals surface area (Å²) in [7, 11) is 1.96. The van der Waals surface area contributed by atoms with Gasteiger partial charge in [0.25, 0.3) is 0 Å². The molecule has 0 bridgehead atoms. The van der Waals surface area contributed by atoms with E-state index in [4.69, 9.17) is 11.6 Å². The van der Waals surface area contributed by atoms with Crippen molar-refractivity contribution < 1.29 is 0 Å². The van der Waals surface area contributed by atoms with Gasteiger partial charge in [0.15, 0.2) is 0 Å². The molecule has 4 heteroatoms. The average molecular weight is 264 g/mol. The molecule has 0 saturated carbocycles. The van der Waals surface area contributed by atoms with Crippen molar-refractivity contribution in [1.29, 1.82) is 0 Å². The first-order valence-corrected chi connectivity index (χ1v) is 6.42. The van der Waals surface area contributed by atoms with Gasteiger partial charge in [-0.25, -0.2) is 0 Å². The second-order valence-electron chi connectivity index (χ2n) is 4.54. The second kappa shape index (κ2) is 5.55. The van der Waals surface area contributed by atoms with Crippen molar-refractivity contribution in [2.45, 2.75) is 26.4 Å². The lowest BCUT2D eigenvalue weighted by Gasteiger charge is -2.14. The van der Waals surface area contributed by atoms with Crippen molar-refractivity contribution in [1.82, 2.24) is 15.1 Å². The first-order valence-electron chi connectivity index (χ1n) is 6.04. The lowest BCUT2D eigenvalue weighted by atomic mass is 10.1. The molecule has 0 aliphatic carbocycles. The Morgan fingerprint density at radius 3 is 2.83 bits per heavy atom. The molecule has 0 fully saturated rings. The highest BCUT2D eigenvalue weighted by Gasteiger charge is 2.08. The zero-order chi connectivity index (χ0) is 13.1. The summed E-state index contributed by atoms with van der Waals surface area (Å²) in [5, 5.41) is 8.50. The minimum Gasteiger partial charge on any atom is -0.306 e. The maximum Gasteiger partial charge on any atom is 0.0537 e. The number of halogens is 1. The smallest absolute Gasteiger partial charge is 0.0537 e. The van der Waals surface area contributed by atoms with Crippen LogP contribution in [-0.2, 0) is 13.6 Å². The summed E-state index contributed by atoms with van der Waals surface area (Å²) in [4.78, 5) is 0. The Morgan fingerprint density at radius 1 is 1.44 bits per heavy atom. The molecule has 1 aromatic heterocycles. The van der Waals surface area contributed by atoms with Crippen molar-refractivity contribution in [3.8, 4) is 0 Å². The highest BCUT2D eigenvalue weighted by molar-refractivity contribution is 6.30. The minimum absolute atomic E-state index is 0.267.